The molecular formula is C24H24BFN4O2. The third-order valence-electron chi connectivity index (χ3n) is 5.77. The fourth-order valence-electron chi connectivity index (χ4n) is 4.19. The highest BCUT2D eigenvalue weighted by Crippen LogP contribution is 2.43. The SMILES string of the molecule is CC.N#CB1CC=C(c2cc3c(cc2-c2ccccc2F)OCC2=NNC(=O)CN23)CC1. The van der Waals surface area contributed by atoms with Crippen molar-refractivity contribution in [1.82, 2.24) is 5.43 Å². The number of nitrogens with one attached hydrogen (secondary N) is 1. The first-order valence-corrected chi connectivity index (χ1v) is 10.9. The van der Waals surface area contributed by atoms with E-state index in [0.29, 0.717) is 23.5 Å². The molecule has 5 rings (SSSR count). The average Bonchev–Trinajstić information content (AvgIpc) is 2.85. The molecule has 0 fully saturated rings. The number of nitrogens with zero attached hydrogens (tertiary/aromatic N) is 3. The molecule has 2 aromatic carbocycles. The fourth-order valence-corrected chi connectivity index (χ4v) is 4.19. The van der Waals surface area contributed by atoms with E-state index in [9.17, 15) is 14.4 Å². The quantitative estimate of drug-likeness (QED) is 0.712. The second-order valence-electron chi connectivity index (χ2n) is 7.61. The van der Waals surface area contributed by atoms with Crippen LogP contribution in [0, 0.1) is 17.0 Å². The zero-order chi connectivity index (χ0) is 22.7. The first kappa shape index (κ1) is 21.6. The van der Waals surface area contributed by atoms with Gasteiger partial charge in [0.15, 0.2) is 5.84 Å². The molecule has 1 amide bonds. The number of allylic oxidation sites excluding steroid dienone is 2. The summed E-state index contributed by atoms with van der Waals surface area (Å²) >= 11 is 0. The predicted octanol–water partition coefficient (Wildman–Crippen LogP) is 4.51. The van der Waals surface area contributed by atoms with Crippen molar-refractivity contribution in [3.05, 3.63) is 53.9 Å². The Balaban J connectivity index is 0.00000119. The summed E-state index contributed by atoms with van der Waals surface area (Å²) in [4.78, 5) is 13.8. The van der Waals surface area contributed by atoms with E-state index in [0.717, 1.165) is 35.1 Å². The van der Waals surface area contributed by atoms with E-state index < -0.39 is 0 Å². The van der Waals surface area contributed by atoms with Gasteiger partial charge in [0.05, 0.1) is 5.69 Å². The number of nitriles is 1. The third-order valence-corrected chi connectivity index (χ3v) is 5.77. The van der Waals surface area contributed by atoms with Crippen LogP contribution in [-0.4, -0.2) is 31.6 Å². The van der Waals surface area contributed by atoms with Crippen molar-refractivity contribution in [2.75, 3.05) is 18.1 Å². The minimum Gasteiger partial charge on any atom is -0.483 e. The Labute approximate surface area is 187 Å². The van der Waals surface area contributed by atoms with E-state index in [1.54, 1.807) is 12.1 Å². The van der Waals surface area contributed by atoms with Crippen LogP contribution in [-0.2, 0) is 4.79 Å². The zero-order valence-electron chi connectivity index (χ0n) is 18.2. The zero-order valence-corrected chi connectivity index (χ0v) is 18.2. The number of amides is 1. The smallest absolute Gasteiger partial charge is 0.271 e. The van der Waals surface area contributed by atoms with Crippen LogP contribution in [0.4, 0.5) is 10.1 Å². The van der Waals surface area contributed by atoms with E-state index in [1.165, 1.54) is 6.07 Å². The second kappa shape index (κ2) is 9.27. The van der Waals surface area contributed by atoms with Gasteiger partial charge in [-0.2, -0.15) is 5.10 Å². The molecule has 0 spiro atoms. The molecule has 8 heteroatoms. The van der Waals surface area contributed by atoms with Gasteiger partial charge >= 0.3 is 0 Å². The molecule has 0 aliphatic carbocycles. The van der Waals surface area contributed by atoms with E-state index >= 15 is 0 Å². The van der Waals surface area contributed by atoms with Crippen molar-refractivity contribution < 1.29 is 13.9 Å². The van der Waals surface area contributed by atoms with Gasteiger partial charge in [-0.05, 0) is 47.6 Å². The number of anilines is 1. The van der Waals surface area contributed by atoms with Crippen LogP contribution in [0.15, 0.2) is 47.6 Å². The van der Waals surface area contributed by atoms with E-state index in [-0.39, 0.29) is 31.6 Å². The number of hydrazone groups is 1. The monoisotopic (exact) mass is 430 g/mol. The molecule has 0 unspecified atom stereocenters. The Morgan fingerprint density at radius 1 is 1.22 bits per heavy atom. The Morgan fingerprint density at radius 2 is 2.03 bits per heavy atom. The normalized spacial score (nSPS) is 16.8. The van der Waals surface area contributed by atoms with Crippen LogP contribution in [0.5, 0.6) is 5.75 Å². The summed E-state index contributed by atoms with van der Waals surface area (Å²) in [6.07, 6.45) is 4.26. The molecule has 3 aliphatic heterocycles. The van der Waals surface area contributed by atoms with Crippen molar-refractivity contribution in [3.8, 4) is 22.8 Å². The molecule has 32 heavy (non-hydrogen) atoms. The standard InChI is InChI=1S/C22H18BFN4O2.C2H6/c24-18-4-2-1-3-15(18)17-10-20-19(28-11-22(29)27-26-21(28)12-30-20)9-16(17)14-5-7-23(13-25)8-6-14;1-2/h1-5,9-10H,6-8,11-12H2,(H,27,29);1-2H3. The topological polar surface area (TPSA) is 77.7 Å². The van der Waals surface area contributed by atoms with Crippen LogP contribution in [0.25, 0.3) is 16.7 Å². The van der Waals surface area contributed by atoms with Gasteiger partial charge < -0.3 is 9.64 Å². The molecule has 0 atom stereocenters. The molecule has 162 valence electrons. The maximum Gasteiger partial charge on any atom is 0.271 e. The number of hydrogen-bond donors (Lipinski definition) is 1. The van der Waals surface area contributed by atoms with Gasteiger partial charge in [0.25, 0.3) is 12.6 Å². The summed E-state index contributed by atoms with van der Waals surface area (Å²) in [5, 5.41) is 13.3. The summed E-state index contributed by atoms with van der Waals surface area (Å²) in [6, 6.07) is 10.5. The lowest BCUT2D eigenvalue weighted by Crippen LogP contribution is -2.49. The summed E-state index contributed by atoms with van der Waals surface area (Å²) < 4.78 is 20.6. The predicted molar refractivity (Wildman–Crippen MR) is 125 cm³/mol. The lowest BCUT2D eigenvalue weighted by Gasteiger charge is -2.35. The van der Waals surface area contributed by atoms with E-state index in [1.807, 2.05) is 36.9 Å². The largest absolute Gasteiger partial charge is 0.483 e. The summed E-state index contributed by atoms with van der Waals surface area (Å²) in [5.41, 5.74) is 6.44. The van der Waals surface area contributed by atoms with E-state index in [4.69, 9.17) is 4.74 Å². The van der Waals surface area contributed by atoms with Gasteiger partial charge in [-0.15, -0.1) is 0 Å². The minimum atomic E-state index is -0.305. The van der Waals surface area contributed by atoms with Crippen molar-refractivity contribution in [3.63, 3.8) is 0 Å². The number of rotatable bonds is 2. The molecule has 1 N–H and O–H groups in total. The lowest BCUT2D eigenvalue weighted by molar-refractivity contribution is -0.119. The molecule has 3 heterocycles. The van der Waals surface area contributed by atoms with Gasteiger partial charge in [-0.3, -0.25) is 4.79 Å². The van der Waals surface area contributed by atoms with Gasteiger partial charge in [-0.25, -0.2) is 15.1 Å². The number of carbonyl (C=O) groups excluding carboxylic acids is 1. The van der Waals surface area contributed by atoms with Gasteiger partial charge in [0.1, 0.15) is 24.7 Å². The Bertz CT molecular complexity index is 1160. The van der Waals surface area contributed by atoms with Gasteiger partial charge in [-0.1, -0.05) is 44.4 Å². The van der Waals surface area contributed by atoms with Crippen molar-refractivity contribution in [2.45, 2.75) is 32.9 Å². The van der Waals surface area contributed by atoms with Crippen LogP contribution < -0.4 is 15.1 Å². The lowest BCUT2D eigenvalue weighted by atomic mass is 9.43. The number of halogens is 1. The molecule has 0 bridgehead atoms. The van der Waals surface area contributed by atoms with Crippen molar-refractivity contribution in [1.29, 1.82) is 5.26 Å². The maximum atomic E-state index is 14.7. The second-order valence-corrected chi connectivity index (χ2v) is 7.61. The van der Waals surface area contributed by atoms with Crippen LogP contribution in [0.2, 0.25) is 12.6 Å². The van der Waals surface area contributed by atoms with Crippen molar-refractivity contribution >= 4 is 29.7 Å². The summed E-state index contributed by atoms with van der Waals surface area (Å²) in [7, 11) is 0. The third kappa shape index (κ3) is 3.98. The summed E-state index contributed by atoms with van der Waals surface area (Å²) in [6.45, 7) is 4.40. The van der Waals surface area contributed by atoms with E-state index in [2.05, 4.69) is 22.6 Å². The number of benzene rings is 2. The maximum absolute atomic E-state index is 14.7. The number of hydrogen-bond acceptors (Lipinski definition) is 5. The van der Waals surface area contributed by atoms with Gasteiger partial charge in [0.2, 0.25) is 0 Å². The molecule has 0 aromatic heterocycles. The molecular weight excluding hydrogens is 406 g/mol. The number of amidine groups is 1. The highest BCUT2D eigenvalue weighted by atomic mass is 19.1. The summed E-state index contributed by atoms with van der Waals surface area (Å²) in [5.74, 6) is 3.06. The van der Waals surface area contributed by atoms with Crippen LogP contribution >= 0.6 is 0 Å². The van der Waals surface area contributed by atoms with Gasteiger partial charge in [0, 0.05) is 11.5 Å². The van der Waals surface area contributed by atoms with Crippen molar-refractivity contribution in [2.24, 2.45) is 5.10 Å². The Hall–Kier alpha value is -3.60. The fraction of sp³-hybridized carbons (Fsp3) is 0.292. The first-order chi connectivity index (χ1) is 15.6. The number of ether oxygens (including phenoxy) is 1. The highest BCUT2D eigenvalue weighted by Gasteiger charge is 2.31. The van der Waals surface area contributed by atoms with Crippen LogP contribution in [0.1, 0.15) is 25.8 Å². The highest BCUT2D eigenvalue weighted by molar-refractivity contribution is 6.67. The molecule has 0 radical (unpaired) electrons. The average molecular weight is 430 g/mol. The Kier molecular flexibility index (Phi) is 6.26. The molecule has 3 aliphatic rings. The minimum absolute atomic E-state index is 0.0103. The Morgan fingerprint density at radius 3 is 2.75 bits per heavy atom. The molecule has 0 saturated carbocycles. The number of fused-ring (bicyclic) bond motifs is 3. The first-order valence-electron chi connectivity index (χ1n) is 10.9. The molecule has 0 saturated heterocycles. The number of carbonyl (C=O) groups is 1. The molecule has 2 aromatic rings. The molecule has 6 nitrogen and oxygen atoms in total. The van der Waals surface area contributed by atoms with Crippen LogP contribution in [0.3, 0.4) is 0 Å².